The fraction of sp³-hybridized carbons (Fsp3) is 0.750. The minimum absolute atomic E-state index is 0.108. The van der Waals surface area contributed by atoms with E-state index in [0.717, 1.165) is 25.3 Å². The second-order valence-electron chi connectivity index (χ2n) is 4.89. The number of hydrogen-bond acceptors (Lipinski definition) is 6. The van der Waals surface area contributed by atoms with Gasteiger partial charge in [0.05, 0.1) is 12.6 Å². The molecule has 1 saturated heterocycles. The van der Waals surface area contributed by atoms with Crippen molar-refractivity contribution in [3.05, 3.63) is 12.3 Å². The Morgan fingerprint density at radius 2 is 2.04 bits per heavy atom. The van der Waals surface area contributed by atoms with E-state index in [2.05, 4.69) is 9.30 Å². The quantitative estimate of drug-likeness (QED) is 0.274. The molecule has 1 fully saturated rings. The topological polar surface area (TPSA) is 80.4 Å². The lowest BCUT2D eigenvalue weighted by Gasteiger charge is -2.30. The summed E-state index contributed by atoms with van der Waals surface area (Å²) in [6.45, 7) is 6.22. The number of rotatable bonds is 10. The number of aliphatic imine (C=N–C) groups is 1. The van der Waals surface area contributed by atoms with Crippen LogP contribution in [-0.4, -0.2) is 80.3 Å². The summed E-state index contributed by atoms with van der Waals surface area (Å²) in [5.74, 6) is 1.50. The highest BCUT2D eigenvalue weighted by molar-refractivity contribution is 7.97. The lowest BCUT2D eigenvalue weighted by atomic mass is 10.2. The van der Waals surface area contributed by atoms with Crippen molar-refractivity contribution in [2.45, 2.75) is 32.5 Å². The van der Waals surface area contributed by atoms with Crippen molar-refractivity contribution in [3.63, 3.8) is 0 Å². The highest BCUT2D eigenvalue weighted by atomic mass is 32.2. The summed E-state index contributed by atoms with van der Waals surface area (Å²) in [6, 6.07) is 0. The maximum atomic E-state index is 11.2. The molecular formula is C16H32N4O3S. The van der Waals surface area contributed by atoms with E-state index in [0.29, 0.717) is 12.4 Å². The molecule has 0 aliphatic carbocycles. The molecule has 1 aliphatic heterocycles. The van der Waals surface area contributed by atoms with Crippen molar-refractivity contribution >= 4 is 24.2 Å². The van der Waals surface area contributed by atoms with Gasteiger partial charge in [0.15, 0.2) is 0 Å². The van der Waals surface area contributed by atoms with Crippen LogP contribution in [0, 0.1) is 0 Å². The fourth-order valence-electron chi connectivity index (χ4n) is 2.13. The van der Waals surface area contributed by atoms with Gasteiger partial charge < -0.3 is 20.1 Å². The number of amides is 1. The van der Waals surface area contributed by atoms with Gasteiger partial charge in [0.1, 0.15) is 11.9 Å². The number of carbonyl (C=O) groups is 1. The first kappa shape index (κ1) is 22.9. The first-order valence-electron chi connectivity index (χ1n) is 8.19. The number of carbonyl (C=O) groups excluding carboxylic acids is 1. The molecule has 140 valence electrons. The minimum atomic E-state index is -0.221. The predicted octanol–water partition coefficient (Wildman–Crippen LogP) is 1.36. The fourth-order valence-corrected chi connectivity index (χ4v) is 3.15. The van der Waals surface area contributed by atoms with Gasteiger partial charge in [-0.15, -0.1) is 0 Å². The van der Waals surface area contributed by atoms with E-state index in [1.54, 1.807) is 33.5 Å². The summed E-state index contributed by atoms with van der Waals surface area (Å²) in [5.41, 5.74) is 5.59. The molecule has 1 aliphatic rings. The molecule has 0 radical (unpaired) electrons. The molecule has 24 heavy (non-hydrogen) atoms. The molecule has 1 amide bonds. The van der Waals surface area contributed by atoms with E-state index in [1.165, 1.54) is 11.3 Å². The normalized spacial score (nSPS) is 18.1. The average Bonchev–Trinajstić information content (AvgIpc) is 3.15. The van der Waals surface area contributed by atoms with Crippen molar-refractivity contribution in [3.8, 4) is 0 Å². The second-order valence-corrected chi connectivity index (χ2v) is 6.07. The number of amidine groups is 1. The maximum absolute atomic E-state index is 11.2. The first-order valence-corrected chi connectivity index (χ1v) is 9.13. The lowest BCUT2D eigenvalue weighted by Crippen LogP contribution is -2.44. The van der Waals surface area contributed by atoms with Gasteiger partial charge in [0.2, 0.25) is 6.41 Å². The van der Waals surface area contributed by atoms with Gasteiger partial charge in [0.25, 0.3) is 0 Å². The highest BCUT2D eigenvalue weighted by Gasteiger charge is 2.26. The Morgan fingerprint density at radius 3 is 2.50 bits per heavy atom. The van der Waals surface area contributed by atoms with Gasteiger partial charge in [0, 0.05) is 46.3 Å². The third-order valence-corrected chi connectivity index (χ3v) is 4.62. The molecule has 0 aromatic heterocycles. The van der Waals surface area contributed by atoms with E-state index >= 15 is 0 Å². The Bertz CT molecular complexity index is 388. The summed E-state index contributed by atoms with van der Waals surface area (Å²) in [5, 5.41) is 0. The molecule has 2 N–H and O–H groups in total. The molecule has 0 saturated carbocycles. The molecule has 0 aromatic carbocycles. The Kier molecular flexibility index (Phi) is 13.6. The zero-order valence-corrected chi connectivity index (χ0v) is 16.3. The van der Waals surface area contributed by atoms with E-state index < -0.39 is 0 Å². The average molecular weight is 361 g/mol. The molecule has 0 aromatic rings. The molecule has 0 bridgehead atoms. The number of ether oxygens (including phenoxy) is 2. The van der Waals surface area contributed by atoms with Crippen molar-refractivity contribution in [1.82, 2.24) is 9.21 Å². The smallest absolute Gasteiger partial charge is 0.213 e. The third kappa shape index (κ3) is 8.68. The van der Waals surface area contributed by atoms with Crippen LogP contribution in [0.25, 0.3) is 0 Å². The Hall–Kier alpha value is -1.09. The van der Waals surface area contributed by atoms with Crippen molar-refractivity contribution in [2.75, 3.05) is 46.7 Å². The summed E-state index contributed by atoms with van der Waals surface area (Å²) >= 11 is 1.82. The summed E-state index contributed by atoms with van der Waals surface area (Å²) in [6.07, 6.45) is 4.78. The molecule has 7 nitrogen and oxygen atoms in total. The van der Waals surface area contributed by atoms with Crippen LogP contribution in [0.15, 0.2) is 17.3 Å². The zero-order chi connectivity index (χ0) is 18.4. The van der Waals surface area contributed by atoms with Crippen LogP contribution in [0.1, 0.15) is 20.3 Å². The Morgan fingerprint density at radius 1 is 1.38 bits per heavy atom. The van der Waals surface area contributed by atoms with Crippen LogP contribution >= 0.6 is 11.9 Å². The predicted molar refractivity (Wildman–Crippen MR) is 101 cm³/mol. The van der Waals surface area contributed by atoms with Crippen molar-refractivity contribution in [2.24, 2.45) is 10.7 Å². The number of methoxy groups -OCH3 is 2. The van der Waals surface area contributed by atoms with Gasteiger partial charge in [-0.05, 0) is 12.5 Å². The van der Waals surface area contributed by atoms with Crippen LogP contribution in [-0.2, 0) is 14.3 Å². The van der Waals surface area contributed by atoms with Crippen LogP contribution < -0.4 is 5.73 Å². The van der Waals surface area contributed by atoms with Gasteiger partial charge in [-0.25, -0.2) is 4.31 Å². The van der Waals surface area contributed by atoms with Crippen LogP contribution in [0.4, 0.5) is 0 Å². The van der Waals surface area contributed by atoms with Crippen molar-refractivity contribution in [1.29, 1.82) is 0 Å². The van der Waals surface area contributed by atoms with E-state index in [9.17, 15) is 4.79 Å². The third-order valence-electron chi connectivity index (χ3n) is 3.45. The monoisotopic (exact) mass is 360 g/mol. The summed E-state index contributed by atoms with van der Waals surface area (Å²) < 4.78 is 13.4. The number of nitrogens with zero attached hydrogens (tertiary/aromatic N) is 3. The highest BCUT2D eigenvalue weighted by Crippen LogP contribution is 2.21. The summed E-state index contributed by atoms with van der Waals surface area (Å²) in [4.78, 5) is 16.5. The van der Waals surface area contributed by atoms with Gasteiger partial charge in [-0.1, -0.05) is 25.8 Å². The molecule has 8 heteroatoms. The molecule has 2 atom stereocenters. The molecule has 1 heterocycles. The second kappa shape index (κ2) is 14.3. The molecule has 0 spiro atoms. The van der Waals surface area contributed by atoms with Crippen molar-refractivity contribution < 1.29 is 14.3 Å². The maximum Gasteiger partial charge on any atom is 0.213 e. The lowest BCUT2D eigenvalue weighted by molar-refractivity contribution is -0.119. The number of hydrogen-bond donors (Lipinski definition) is 1. The van der Waals surface area contributed by atoms with E-state index in [1.807, 2.05) is 25.8 Å². The molecule has 1 unspecified atom stereocenters. The van der Waals surface area contributed by atoms with Crippen LogP contribution in [0.2, 0.25) is 0 Å². The Labute approximate surface area is 150 Å². The van der Waals surface area contributed by atoms with Crippen LogP contribution in [0.5, 0.6) is 0 Å². The zero-order valence-electron chi connectivity index (χ0n) is 15.5. The summed E-state index contributed by atoms with van der Waals surface area (Å²) in [7, 11) is 4.89. The molecule has 1 rings (SSSR count). The van der Waals surface area contributed by atoms with Gasteiger partial charge >= 0.3 is 0 Å². The number of nitrogens with two attached hydrogens (primary N) is 1. The SMILES string of the molecule is CC.CN=C(N)/C=C\N(C=O)C[C@H](OC)C(CN1CCCS1)OC. The van der Waals surface area contributed by atoms with Crippen LogP contribution in [0.3, 0.4) is 0 Å². The van der Waals surface area contributed by atoms with Gasteiger partial charge in [-0.3, -0.25) is 9.79 Å². The molecular weight excluding hydrogens is 328 g/mol. The van der Waals surface area contributed by atoms with Gasteiger partial charge in [-0.2, -0.15) is 0 Å². The van der Waals surface area contributed by atoms with E-state index in [-0.39, 0.29) is 12.2 Å². The standard InChI is InChI=1S/C14H26N4O3S.C2H6/c1-16-14(15)5-7-17(11-19)9-12(20-2)13(21-3)10-18-6-4-8-22-18;1-2/h5,7,11-13H,4,6,8-10H2,1-3H3,(H2,15,16);1-2H3/b7-5-;/t12-,13?;/m0./s1. The largest absolute Gasteiger partial charge is 0.384 e. The first-order chi connectivity index (χ1) is 11.6. The minimum Gasteiger partial charge on any atom is -0.384 e. The van der Waals surface area contributed by atoms with E-state index in [4.69, 9.17) is 15.2 Å². The Balaban J connectivity index is 0.00000254.